The third kappa shape index (κ3) is 6.20. The Labute approximate surface area is 179 Å². The molecule has 2 aliphatic rings. The zero-order valence-electron chi connectivity index (χ0n) is 16.4. The second-order valence-corrected chi connectivity index (χ2v) is 7.19. The van der Waals surface area contributed by atoms with E-state index < -0.39 is 0 Å². The summed E-state index contributed by atoms with van der Waals surface area (Å²) in [6.45, 7) is 9.90. The van der Waals surface area contributed by atoms with Gasteiger partial charge in [0, 0.05) is 25.7 Å². The maximum absolute atomic E-state index is 13.7. The normalized spacial score (nSPS) is 21.8. The van der Waals surface area contributed by atoms with Crippen LogP contribution in [0.15, 0.2) is 29.3 Å². The summed E-state index contributed by atoms with van der Waals surface area (Å²) >= 11 is 0. The molecule has 0 radical (unpaired) electrons. The summed E-state index contributed by atoms with van der Waals surface area (Å²) in [5.41, 5.74) is 0. The van der Waals surface area contributed by atoms with Crippen LogP contribution in [-0.2, 0) is 0 Å². The Bertz CT molecular complexity index is 609. The van der Waals surface area contributed by atoms with Crippen molar-refractivity contribution in [3.63, 3.8) is 0 Å². The predicted octanol–water partition coefficient (Wildman–Crippen LogP) is 3.35. The number of rotatable bonds is 6. The Morgan fingerprint density at radius 1 is 1.30 bits per heavy atom. The number of aliphatic imine (C=N–C) groups is 1. The Morgan fingerprint density at radius 2 is 2.04 bits per heavy atom. The van der Waals surface area contributed by atoms with E-state index in [0.29, 0.717) is 12.6 Å². The third-order valence-corrected chi connectivity index (χ3v) is 5.12. The monoisotopic (exact) mass is 490 g/mol. The van der Waals surface area contributed by atoms with Crippen molar-refractivity contribution in [1.29, 1.82) is 0 Å². The molecule has 2 atom stereocenters. The number of halogens is 2. The minimum absolute atomic E-state index is 0. The standard InChI is InChI=1S/C20H31FN4O.HI/c1-3-22-20(25-13-10-17(15-25)24-11-6-7-12-24)23-14-16(2)26-19-9-5-4-8-18(19)21;/h4-5,8-9,16-17H,3,6-7,10-15H2,1-2H3,(H,22,23);1H. The van der Waals surface area contributed by atoms with Crippen molar-refractivity contribution in [3.8, 4) is 5.75 Å². The van der Waals surface area contributed by atoms with E-state index in [1.54, 1.807) is 18.2 Å². The second-order valence-electron chi connectivity index (χ2n) is 7.19. The minimum Gasteiger partial charge on any atom is -0.486 e. The maximum atomic E-state index is 13.7. The Morgan fingerprint density at radius 3 is 2.74 bits per heavy atom. The van der Waals surface area contributed by atoms with E-state index >= 15 is 0 Å². The van der Waals surface area contributed by atoms with E-state index in [4.69, 9.17) is 9.73 Å². The molecule has 1 aromatic carbocycles. The lowest BCUT2D eigenvalue weighted by atomic mass is 10.2. The van der Waals surface area contributed by atoms with Gasteiger partial charge in [-0.1, -0.05) is 12.1 Å². The van der Waals surface area contributed by atoms with Gasteiger partial charge < -0.3 is 15.0 Å². The first-order valence-electron chi connectivity index (χ1n) is 9.86. The van der Waals surface area contributed by atoms with Crippen LogP contribution < -0.4 is 10.1 Å². The van der Waals surface area contributed by atoms with Crippen molar-refractivity contribution >= 4 is 29.9 Å². The molecule has 1 N–H and O–H groups in total. The molecule has 2 saturated heterocycles. The number of hydrogen-bond donors (Lipinski definition) is 1. The summed E-state index contributed by atoms with van der Waals surface area (Å²) in [4.78, 5) is 9.72. The molecule has 0 bridgehead atoms. The molecular weight excluding hydrogens is 458 g/mol. The smallest absolute Gasteiger partial charge is 0.194 e. The van der Waals surface area contributed by atoms with Gasteiger partial charge >= 0.3 is 0 Å². The van der Waals surface area contributed by atoms with Gasteiger partial charge in [0.2, 0.25) is 0 Å². The summed E-state index contributed by atoms with van der Waals surface area (Å²) in [7, 11) is 0. The average Bonchev–Trinajstić information content (AvgIpc) is 3.32. The van der Waals surface area contributed by atoms with Gasteiger partial charge in [-0.2, -0.15) is 0 Å². The minimum atomic E-state index is -0.330. The number of benzene rings is 1. The zero-order valence-corrected chi connectivity index (χ0v) is 18.7. The molecule has 1 aromatic rings. The Balaban J connectivity index is 0.00000261. The molecular formula is C20H32FIN4O. The number of para-hydroxylation sites is 1. The fraction of sp³-hybridized carbons (Fsp3) is 0.650. The zero-order chi connectivity index (χ0) is 18.4. The molecule has 5 nitrogen and oxygen atoms in total. The van der Waals surface area contributed by atoms with Gasteiger partial charge in [0.25, 0.3) is 0 Å². The maximum Gasteiger partial charge on any atom is 0.194 e. The molecule has 0 amide bonds. The van der Waals surface area contributed by atoms with Crippen molar-refractivity contribution < 1.29 is 9.13 Å². The van der Waals surface area contributed by atoms with E-state index in [0.717, 1.165) is 25.6 Å². The van der Waals surface area contributed by atoms with Crippen LogP contribution in [0.2, 0.25) is 0 Å². The third-order valence-electron chi connectivity index (χ3n) is 5.12. The van der Waals surface area contributed by atoms with E-state index in [9.17, 15) is 4.39 Å². The first kappa shape index (κ1) is 22.2. The van der Waals surface area contributed by atoms with Crippen LogP contribution in [-0.4, -0.2) is 67.2 Å². The first-order chi connectivity index (χ1) is 12.7. The Kier molecular flexibility index (Phi) is 9.08. The molecule has 2 aliphatic heterocycles. The van der Waals surface area contributed by atoms with Gasteiger partial charge in [0.05, 0.1) is 6.54 Å². The Hall–Kier alpha value is -1.09. The number of guanidine groups is 1. The van der Waals surface area contributed by atoms with E-state index in [-0.39, 0.29) is 41.6 Å². The molecule has 2 unspecified atom stereocenters. The summed E-state index contributed by atoms with van der Waals surface area (Å²) in [6.07, 6.45) is 3.68. The summed E-state index contributed by atoms with van der Waals surface area (Å²) in [6, 6.07) is 7.16. The average molecular weight is 490 g/mol. The molecule has 0 saturated carbocycles. The number of nitrogens with zero attached hydrogens (tertiary/aromatic N) is 3. The lowest BCUT2D eigenvalue weighted by Crippen LogP contribution is -2.43. The van der Waals surface area contributed by atoms with Crippen molar-refractivity contribution in [1.82, 2.24) is 15.1 Å². The van der Waals surface area contributed by atoms with Crippen molar-refractivity contribution in [3.05, 3.63) is 30.1 Å². The SMILES string of the molecule is CCNC(=NCC(C)Oc1ccccc1F)N1CCC(N2CCCC2)C1.I. The molecule has 3 rings (SSSR count). The highest BCUT2D eigenvalue weighted by atomic mass is 127. The van der Waals surface area contributed by atoms with E-state index in [2.05, 4.69) is 22.0 Å². The second kappa shape index (κ2) is 11.0. The predicted molar refractivity (Wildman–Crippen MR) is 119 cm³/mol. The first-order valence-corrected chi connectivity index (χ1v) is 9.86. The fourth-order valence-electron chi connectivity index (χ4n) is 3.77. The largest absolute Gasteiger partial charge is 0.486 e. The highest BCUT2D eigenvalue weighted by Gasteiger charge is 2.30. The van der Waals surface area contributed by atoms with Gasteiger partial charge in [-0.15, -0.1) is 24.0 Å². The van der Waals surface area contributed by atoms with Crippen LogP contribution in [0.5, 0.6) is 5.75 Å². The molecule has 27 heavy (non-hydrogen) atoms. The lowest BCUT2D eigenvalue weighted by Gasteiger charge is -2.25. The summed E-state index contributed by atoms with van der Waals surface area (Å²) < 4.78 is 19.4. The van der Waals surface area contributed by atoms with Crippen LogP contribution in [0.1, 0.15) is 33.1 Å². The summed E-state index contributed by atoms with van der Waals surface area (Å²) in [5.74, 6) is 0.900. The van der Waals surface area contributed by atoms with Crippen LogP contribution in [0.25, 0.3) is 0 Å². The highest BCUT2D eigenvalue weighted by Crippen LogP contribution is 2.21. The molecule has 0 spiro atoms. The van der Waals surface area contributed by atoms with Crippen LogP contribution in [0.4, 0.5) is 4.39 Å². The van der Waals surface area contributed by atoms with Gasteiger partial charge in [-0.3, -0.25) is 4.90 Å². The van der Waals surface area contributed by atoms with Crippen molar-refractivity contribution in [2.24, 2.45) is 4.99 Å². The van der Waals surface area contributed by atoms with E-state index in [1.807, 2.05) is 6.92 Å². The van der Waals surface area contributed by atoms with Crippen LogP contribution >= 0.6 is 24.0 Å². The van der Waals surface area contributed by atoms with Gasteiger partial charge in [-0.05, 0) is 58.3 Å². The molecule has 2 heterocycles. The van der Waals surface area contributed by atoms with Gasteiger partial charge in [-0.25, -0.2) is 9.38 Å². The summed E-state index contributed by atoms with van der Waals surface area (Å²) in [5, 5.41) is 3.39. The lowest BCUT2D eigenvalue weighted by molar-refractivity contribution is 0.219. The van der Waals surface area contributed by atoms with Gasteiger partial charge in [0.15, 0.2) is 17.5 Å². The van der Waals surface area contributed by atoms with Gasteiger partial charge in [0.1, 0.15) is 6.10 Å². The molecule has 2 fully saturated rings. The highest BCUT2D eigenvalue weighted by molar-refractivity contribution is 14.0. The molecule has 0 aliphatic carbocycles. The van der Waals surface area contributed by atoms with Crippen molar-refractivity contribution in [2.75, 3.05) is 39.3 Å². The van der Waals surface area contributed by atoms with E-state index in [1.165, 1.54) is 38.4 Å². The number of nitrogens with one attached hydrogen (secondary N) is 1. The van der Waals surface area contributed by atoms with Crippen LogP contribution in [0.3, 0.4) is 0 Å². The molecule has 7 heteroatoms. The number of ether oxygens (including phenoxy) is 1. The molecule has 152 valence electrons. The topological polar surface area (TPSA) is 40.1 Å². The fourth-order valence-corrected chi connectivity index (χ4v) is 3.77. The number of likely N-dealkylation sites (tertiary alicyclic amines) is 2. The van der Waals surface area contributed by atoms with Crippen molar-refractivity contribution in [2.45, 2.75) is 45.3 Å². The number of hydrogen-bond acceptors (Lipinski definition) is 3. The van der Waals surface area contributed by atoms with Crippen LogP contribution in [0, 0.1) is 5.82 Å². The quantitative estimate of drug-likeness (QED) is 0.378. The molecule has 0 aromatic heterocycles.